The van der Waals surface area contributed by atoms with Gasteiger partial charge in [-0.25, -0.2) is 9.59 Å². The van der Waals surface area contributed by atoms with Gasteiger partial charge in [-0.15, -0.1) is 8.78 Å². The van der Waals surface area contributed by atoms with E-state index in [-0.39, 0.29) is 13.2 Å². The first-order chi connectivity index (χ1) is 7.13. The molecule has 4 nitrogen and oxygen atoms in total. The molecule has 0 aromatic rings. The summed E-state index contributed by atoms with van der Waals surface area (Å²) in [5.41, 5.74) is 0. The van der Waals surface area contributed by atoms with Gasteiger partial charge < -0.3 is 9.47 Å². The van der Waals surface area contributed by atoms with Crippen LogP contribution < -0.4 is 0 Å². The van der Waals surface area contributed by atoms with E-state index in [1.165, 1.54) is 0 Å². The quantitative estimate of drug-likeness (QED) is 0.469. The molecule has 0 spiro atoms. The fourth-order valence-electron chi connectivity index (χ4n) is 1.04. The van der Waals surface area contributed by atoms with Gasteiger partial charge in [0.05, 0.1) is 13.2 Å². The lowest BCUT2D eigenvalue weighted by Gasteiger charge is -2.01. The number of carbonyl (C=O) groups is 2. The van der Waals surface area contributed by atoms with E-state index >= 15 is 0 Å². The van der Waals surface area contributed by atoms with E-state index in [9.17, 15) is 18.4 Å². The Balaban J connectivity index is 2.99. The van der Waals surface area contributed by atoms with Crippen molar-refractivity contribution in [2.45, 2.75) is 32.1 Å². The van der Waals surface area contributed by atoms with Crippen LogP contribution in [-0.2, 0) is 9.47 Å². The van der Waals surface area contributed by atoms with Gasteiger partial charge in [0.1, 0.15) is 0 Å². The average Bonchev–Trinajstić information content (AvgIpc) is 2.14. The van der Waals surface area contributed by atoms with Gasteiger partial charge in [-0.1, -0.05) is 19.3 Å². The lowest BCUT2D eigenvalue weighted by Crippen LogP contribution is -1.98. The molecule has 0 N–H and O–H groups in total. The summed E-state index contributed by atoms with van der Waals surface area (Å²) in [5, 5.41) is 0. The smallest absolute Gasteiger partial charge is 0.440 e. The van der Waals surface area contributed by atoms with Crippen LogP contribution in [0.4, 0.5) is 18.4 Å². The van der Waals surface area contributed by atoms with Crippen LogP contribution >= 0.6 is 0 Å². The Morgan fingerprint density at radius 3 is 1.40 bits per heavy atom. The zero-order valence-corrected chi connectivity index (χ0v) is 8.34. The van der Waals surface area contributed by atoms with Crippen molar-refractivity contribution in [2.24, 2.45) is 0 Å². The highest BCUT2D eigenvalue weighted by Gasteiger charge is 1.98. The second kappa shape index (κ2) is 9.36. The zero-order valence-electron chi connectivity index (χ0n) is 8.34. The van der Waals surface area contributed by atoms with Crippen LogP contribution in [0.5, 0.6) is 0 Å². The SMILES string of the molecule is O=C(F)OCCCCCCCOC(=O)F. The van der Waals surface area contributed by atoms with Crippen molar-refractivity contribution in [3.63, 3.8) is 0 Å². The molecule has 0 aromatic heterocycles. The molecular weight excluding hydrogens is 210 g/mol. The average molecular weight is 224 g/mol. The van der Waals surface area contributed by atoms with E-state index in [4.69, 9.17) is 0 Å². The molecule has 0 aliphatic rings. The largest absolute Gasteiger partial charge is 0.495 e. The molecule has 0 aliphatic carbocycles. The molecular formula is C9H14F2O4. The lowest BCUT2D eigenvalue weighted by atomic mass is 10.1. The highest BCUT2D eigenvalue weighted by atomic mass is 19.2. The Morgan fingerprint density at radius 1 is 0.733 bits per heavy atom. The number of unbranched alkanes of at least 4 members (excludes halogenated alkanes) is 4. The Morgan fingerprint density at radius 2 is 1.07 bits per heavy atom. The van der Waals surface area contributed by atoms with Crippen molar-refractivity contribution >= 4 is 12.4 Å². The normalized spacial score (nSPS) is 9.73. The predicted octanol–water partition coefficient (Wildman–Crippen LogP) is 3.15. The van der Waals surface area contributed by atoms with Crippen molar-refractivity contribution in [1.29, 1.82) is 0 Å². The number of carbonyl (C=O) groups excluding carboxylic acids is 2. The summed E-state index contributed by atoms with van der Waals surface area (Å²) in [6.45, 7) is 0.156. The molecule has 0 amide bonds. The molecule has 0 unspecified atom stereocenters. The van der Waals surface area contributed by atoms with Crippen LogP contribution in [0.15, 0.2) is 0 Å². The molecule has 0 aliphatic heterocycles. The van der Waals surface area contributed by atoms with E-state index in [0.717, 1.165) is 19.3 Å². The maximum Gasteiger partial charge on any atom is 0.495 e. The summed E-state index contributed by atoms with van der Waals surface area (Å²) in [6, 6.07) is 0. The number of hydrogen-bond donors (Lipinski definition) is 0. The van der Waals surface area contributed by atoms with Gasteiger partial charge in [0.2, 0.25) is 0 Å². The molecule has 88 valence electrons. The Kier molecular flexibility index (Phi) is 8.61. The Bertz CT molecular complexity index is 177. The third-order valence-corrected chi connectivity index (χ3v) is 1.72. The van der Waals surface area contributed by atoms with Crippen molar-refractivity contribution < 1.29 is 27.8 Å². The molecule has 0 atom stereocenters. The molecule has 0 saturated carbocycles. The van der Waals surface area contributed by atoms with E-state index in [1.807, 2.05) is 0 Å². The van der Waals surface area contributed by atoms with Gasteiger partial charge in [-0.3, -0.25) is 0 Å². The molecule has 0 rings (SSSR count). The summed E-state index contributed by atoms with van der Waals surface area (Å²) in [5.74, 6) is 0. The first-order valence-electron chi connectivity index (χ1n) is 4.77. The van der Waals surface area contributed by atoms with Gasteiger partial charge in [-0.05, 0) is 12.8 Å². The van der Waals surface area contributed by atoms with E-state index in [0.29, 0.717) is 12.8 Å². The fraction of sp³-hybridized carbons (Fsp3) is 0.778. The van der Waals surface area contributed by atoms with Gasteiger partial charge >= 0.3 is 12.4 Å². The number of hydrogen-bond acceptors (Lipinski definition) is 4. The van der Waals surface area contributed by atoms with Gasteiger partial charge in [0, 0.05) is 0 Å². The lowest BCUT2D eigenvalue weighted by molar-refractivity contribution is 0.117. The van der Waals surface area contributed by atoms with Crippen LogP contribution in [0.3, 0.4) is 0 Å². The van der Waals surface area contributed by atoms with Crippen LogP contribution in [0, 0.1) is 0 Å². The number of halogens is 2. The molecule has 6 heteroatoms. The molecule has 0 radical (unpaired) electrons. The third kappa shape index (κ3) is 12.8. The molecule has 0 aromatic carbocycles. The predicted molar refractivity (Wildman–Crippen MR) is 48.0 cm³/mol. The summed E-state index contributed by atoms with van der Waals surface area (Å²) in [4.78, 5) is 19.4. The van der Waals surface area contributed by atoms with Crippen LogP contribution in [0.2, 0.25) is 0 Å². The van der Waals surface area contributed by atoms with Crippen molar-refractivity contribution in [1.82, 2.24) is 0 Å². The maximum atomic E-state index is 11.5. The zero-order chi connectivity index (χ0) is 11.5. The third-order valence-electron chi connectivity index (χ3n) is 1.72. The topological polar surface area (TPSA) is 52.6 Å². The van der Waals surface area contributed by atoms with Crippen molar-refractivity contribution in [3.8, 4) is 0 Å². The summed E-state index contributed by atoms with van der Waals surface area (Å²) in [7, 11) is 0. The fourth-order valence-corrected chi connectivity index (χ4v) is 1.04. The standard InChI is InChI=1S/C9H14F2O4/c10-8(12)14-6-4-2-1-3-5-7-15-9(11)13/h1-7H2. The van der Waals surface area contributed by atoms with Crippen LogP contribution in [-0.4, -0.2) is 25.7 Å². The minimum absolute atomic E-state index is 0.0782. The summed E-state index contributed by atoms with van der Waals surface area (Å²) >= 11 is 0. The van der Waals surface area contributed by atoms with E-state index in [2.05, 4.69) is 9.47 Å². The summed E-state index contributed by atoms with van der Waals surface area (Å²) in [6.07, 6.45) is 0.0908. The molecule has 0 bridgehead atoms. The van der Waals surface area contributed by atoms with Crippen LogP contribution in [0.25, 0.3) is 0 Å². The first-order valence-corrected chi connectivity index (χ1v) is 4.77. The highest BCUT2D eigenvalue weighted by Crippen LogP contribution is 2.04. The van der Waals surface area contributed by atoms with Gasteiger partial charge in [0.25, 0.3) is 0 Å². The first kappa shape index (κ1) is 13.8. The Hall–Kier alpha value is -1.20. The maximum absolute atomic E-state index is 11.5. The van der Waals surface area contributed by atoms with Gasteiger partial charge in [0.15, 0.2) is 0 Å². The minimum Gasteiger partial charge on any atom is -0.440 e. The molecule has 15 heavy (non-hydrogen) atoms. The number of rotatable bonds is 8. The van der Waals surface area contributed by atoms with Crippen molar-refractivity contribution in [3.05, 3.63) is 0 Å². The van der Waals surface area contributed by atoms with Gasteiger partial charge in [-0.2, -0.15) is 0 Å². The summed E-state index contributed by atoms with van der Waals surface area (Å²) < 4.78 is 31.2. The van der Waals surface area contributed by atoms with Crippen LogP contribution in [0.1, 0.15) is 32.1 Å². The Labute approximate surface area is 86.5 Å². The highest BCUT2D eigenvalue weighted by molar-refractivity contribution is 5.58. The second-order valence-electron chi connectivity index (χ2n) is 2.94. The minimum atomic E-state index is -1.76. The number of ether oxygens (including phenoxy) is 2. The van der Waals surface area contributed by atoms with E-state index in [1.54, 1.807) is 0 Å². The van der Waals surface area contributed by atoms with Crippen molar-refractivity contribution in [2.75, 3.05) is 13.2 Å². The molecule has 0 heterocycles. The molecule has 0 saturated heterocycles. The second-order valence-corrected chi connectivity index (χ2v) is 2.94. The monoisotopic (exact) mass is 224 g/mol. The molecule has 0 fully saturated rings. The van der Waals surface area contributed by atoms with E-state index < -0.39 is 12.4 Å².